The topological polar surface area (TPSA) is 46.5 Å². The van der Waals surface area contributed by atoms with Crippen LogP contribution in [-0.2, 0) is 6.54 Å². The molecule has 0 spiro atoms. The number of nitrogens with zero attached hydrogens (tertiary/aromatic N) is 3. The van der Waals surface area contributed by atoms with Gasteiger partial charge < -0.3 is 0 Å². The first-order valence-corrected chi connectivity index (χ1v) is 6.14. The van der Waals surface area contributed by atoms with Gasteiger partial charge in [0.1, 0.15) is 0 Å². The summed E-state index contributed by atoms with van der Waals surface area (Å²) < 4.78 is 2.42. The molecule has 1 N–H and O–H groups in total. The van der Waals surface area contributed by atoms with E-state index in [9.17, 15) is 0 Å². The lowest BCUT2D eigenvalue weighted by atomic mass is 9.81. The van der Waals surface area contributed by atoms with Crippen molar-refractivity contribution in [3.05, 3.63) is 4.77 Å². The van der Waals surface area contributed by atoms with Crippen LogP contribution in [0.3, 0.4) is 0 Å². The molecule has 1 fully saturated rings. The highest BCUT2D eigenvalue weighted by atomic mass is 32.1. The fourth-order valence-corrected chi connectivity index (χ4v) is 2.67. The minimum atomic E-state index is 0.568. The van der Waals surface area contributed by atoms with Crippen LogP contribution in [0.25, 0.3) is 0 Å². The van der Waals surface area contributed by atoms with Crippen LogP contribution in [0.15, 0.2) is 0 Å². The van der Waals surface area contributed by atoms with E-state index in [1.807, 2.05) is 4.68 Å². The highest BCUT2D eigenvalue weighted by Crippen LogP contribution is 2.30. The van der Waals surface area contributed by atoms with Crippen molar-refractivity contribution in [2.24, 2.45) is 11.8 Å². The summed E-state index contributed by atoms with van der Waals surface area (Å²) >= 11 is 5.03. The minimum Gasteiger partial charge on any atom is -0.242 e. The Kier molecular flexibility index (Phi) is 3.51. The van der Waals surface area contributed by atoms with Crippen molar-refractivity contribution in [2.45, 2.75) is 45.6 Å². The largest absolute Gasteiger partial charge is 0.242 e. The van der Waals surface area contributed by atoms with Crippen LogP contribution in [0.4, 0.5) is 0 Å². The molecule has 1 aromatic heterocycles. The average Bonchev–Trinajstić information content (AvgIpc) is 2.61. The first-order valence-electron chi connectivity index (χ1n) is 5.73. The Bertz CT molecular complexity index is 356. The van der Waals surface area contributed by atoms with Gasteiger partial charge in [0.25, 0.3) is 0 Å². The molecule has 1 saturated carbocycles. The van der Waals surface area contributed by atoms with Crippen molar-refractivity contribution in [3.63, 3.8) is 0 Å². The molecule has 0 aromatic carbocycles. The molecule has 5 heteroatoms. The molecule has 1 aliphatic carbocycles. The first-order chi connectivity index (χ1) is 7.25. The van der Waals surface area contributed by atoms with Gasteiger partial charge >= 0.3 is 0 Å². The molecule has 0 saturated heterocycles. The third kappa shape index (κ3) is 2.87. The van der Waals surface area contributed by atoms with Gasteiger partial charge in [-0.05, 0) is 36.9 Å². The van der Waals surface area contributed by atoms with Crippen LogP contribution in [0.5, 0.6) is 0 Å². The molecule has 0 aliphatic heterocycles. The summed E-state index contributed by atoms with van der Waals surface area (Å²) in [5.41, 5.74) is 0. The lowest BCUT2D eigenvalue weighted by molar-refractivity contribution is 0.257. The summed E-state index contributed by atoms with van der Waals surface area (Å²) in [6, 6.07) is 0. The predicted molar refractivity (Wildman–Crippen MR) is 60.9 cm³/mol. The van der Waals surface area contributed by atoms with Gasteiger partial charge in [0.05, 0.1) is 0 Å². The molecule has 2 atom stereocenters. The van der Waals surface area contributed by atoms with Crippen molar-refractivity contribution in [1.82, 2.24) is 20.2 Å². The smallest absolute Gasteiger partial charge is 0.238 e. The van der Waals surface area contributed by atoms with E-state index in [0.717, 1.165) is 18.4 Å². The molecule has 0 bridgehead atoms. The molecular weight excluding hydrogens is 208 g/mol. The van der Waals surface area contributed by atoms with Crippen LogP contribution in [-0.4, -0.2) is 20.2 Å². The summed E-state index contributed by atoms with van der Waals surface area (Å²) in [6.45, 7) is 3.29. The minimum absolute atomic E-state index is 0.568. The van der Waals surface area contributed by atoms with Crippen LogP contribution in [0.1, 0.15) is 39.0 Å². The predicted octanol–water partition coefficient (Wildman–Crippen LogP) is 2.55. The summed E-state index contributed by atoms with van der Waals surface area (Å²) in [5.74, 6) is 1.76. The number of hydrogen-bond acceptors (Lipinski definition) is 3. The Hall–Kier alpha value is -0.710. The SMILES string of the molecule is CC1CCCC(CCn2[nH]nnc2=S)C1. The third-order valence-electron chi connectivity index (χ3n) is 3.34. The Morgan fingerprint density at radius 2 is 2.40 bits per heavy atom. The molecule has 0 amide bonds. The van der Waals surface area contributed by atoms with Crippen LogP contribution < -0.4 is 0 Å². The van der Waals surface area contributed by atoms with E-state index >= 15 is 0 Å². The Morgan fingerprint density at radius 3 is 3.07 bits per heavy atom. The van der Waals surface area contributed by atoms with Crippen molar-refractivity contribution in [1.29, 1.82) is 0 Å². The van der Waals surface area contributed by atoms with E-state index in [1.54, 1.807) is 0 Å². The number of aryl methyl sites for hydroxylation is 1. The number of rotatable bonds is 3. The summed E-state index contributed by atoms with van der Waals surface area (Å²) in [7, 11) is 0. The average molecular weight is 226 g/mol. The number of aromatic amines is 1. The molecule has 2 rings (SSSR count). The summed E-state index contributed by atoms with van der Waals surface area (Å²) in [4.78, 5) is 0. The maximum Gasteiger partial charge on any atom is 0.238 e. The van der Waals surface area contributed by atoms with E-state index in [1.165, 1.54) is 32.1 Å². The molecule has 84 valence electrons. The standard InChI is InChI=1S/C10H18N4S/c1-8-3-2-4-9(7-8)5-6-14-10(15)11-12-13-14/h8-9H,2-7H2,1H3,(H,11,13,15). The van der Waals surface area contributed by atoms with Crippen molar-refractivity contribution in [2.75, 3.05) is 0 Å². The van der Waals surface area contributed by atoms with E-state index in [-0.39, 0.29) is 0 Å². The van der Waals surface area contributed by atoms with Crippen molar-refractivity contribution < 1.29 is 0 Å². The van der Waals surface area contributed by atoms with Gasteiger partial charge in [0, 0.05) is 6.54 Å². The van der Waals surface area contributed by atoms with Crippen molar-refractivity contribution in [3.8, 4) is 0 Å². The quantitative estimate of drug-likeness (QED) is 0.806. The van der Waals surface area contributed by atoms with Crippen LogP contribution in [0.2, 0.25) is 0 Å². The first kappa shape index (κ1) is 10.8. The highest BCUT2D eigenvalue weighted by molar-refractivity contribution is 7.71. The fraction of sp³-hybridized carbons (Fsp3) is 0.900. The zero-order valence-corrected chi connectivity index (χ0v) is 9.96. The van der Waals surface area contributed by atoms with Crippen LogP contribution in [0, 0.1) is 16.6 Å². The maximum atomic E-state index is 5.03. The molecule has 4 nitrogen and oxygen atoms in total. The fourth-order valence-electron chi connectivity index (χ4n) is 2.50. The second-order valence-corrected chi connectivity index (χ2v) is 5.03. The second kappa shape index (κ2) is 4.88. The van der Waals surface area contributed by atoms with E-state index in [4.69, 9.17) is 12.2 Å². The number of aromatic nitrogens is 4. The molecule has 15 heavy (non-hydrogen) atoms. The molecule has 0 radical (unpaired) electrons. The van der Waals surface area contributed by atoms with Gasteiger partial charge in [-0.2, -0.15) is 5.21 Å². The number of tetrazole rings is 1. The van der Waals surface area contributed by atoms with Gasteiger partial charge in [-0.1, -0.05) is 36.5 Å². The van der Waals surface area contributed by atoms with Gasteiger partial charge in [-0.15, -0.1) is 0 Å². The monoisotopic (exact) mass is 226 g/mol. The summed E-state index contributed by atoms with van der Waals surface area (Å²) in [5, 5.41) is 10.3. The van der Waals surface area contributed by atoms with E-state index < -0.39 is 0 Å². The number of hydrogen-bond donors (Lipinski definition) is 1. The molecule has 1 aliphatic rings. The Labute approximate surface area is 95.1 Å². The van der Waals surface area contributed by atoms with Gasteiger partial charge in [0.15, 0.2) is 0 Å². The molecule has 1 aromatic rings. The van der Waals surface area contributed by atoms with Crippen LogP contribution >= 0.6 is 12.2 Å². The normalized spacial score (nSPS) is 26.7. The Balaban J connectivity index is 1.83. The number of H-pyrrole nitrogens is 1. The molecular formula is C10H18N4S. The van der Waals surface area contributed by atoms with Gasteiger partial charge in [-0.25, -0.2) is 4.68 Å². The van der Waals surface area contributed by atoms with E-state index in [2.05, 4.69) is 22.4 Å². The molecule has 2 unspecified atom stereocenters. The van der Waals surface area contributed by atoms with E-state index in [0.29, 0.717) is 4.77 Å². The Morgan fingerprint density at radius 1 is 1.53 bits per heavy atom. The van der Waals surface area contributed by atoms with Gasteiger partial charge in [-0.3, -0.25) is 0 Å². The zero-order chi connectivity index (χ0) is 10.7. The summed E-state index contributed by atoms with van der Waals surface area (Å²) in [6.07, 6.45) is 6.73. The van der Waals surface area contributed by atoms with Gasteiger partial charge in [0.2, 0.25) is 4.77 Å². The lowest BCUT2D eigenvalue weighted by Crippen LogP contribution is -2.15. The third-order valence-corrected chi connectivity index (χ3v) is 3.64. The maximum absolute atomic E-state index is 5.03. The number of nitrogens with one attached hydrogen (secondary N) is 1. The highest BCUT2D eigenvalue weighted by Gasteiger charge is 2.18. The molecule has 1 heterocycles. The zero-order valence-electron chi connectivity index (χ0n) is 9.15. The van der Waals surface area contributed by atoms with Crippen molar-refractivity contribution >= 4 is 12.2 Å². The lowest BCUT2D eigenvalue weighted by Gasteiger charge is -2.26. The second-order valence-electron chi connectivity index (χ2n) is 4.66.